The summed E-state index contributed by atoms with van der Waals surface area (Å²) < 4.78 is 35.9. The molecule has 0 atom stereocenters. The Bertz CT molecular complexity index is 651. The summed E-state index contributed by atoms with van der Waals surface area (Å²) in [6, 6.07) is 4.98. The van der Waals surface area contributed by atoms with Crippen LogP contribution in [0, 0.1) is 0 Å². The summed E-state index contributed by atoms with van der Waals surface area (Å²) in [6.45, 7) is -2.88. The predicted molar refractivity (Wildman–Crippen MR) is 83.5 cm³/mol. The van der Waals surface area contributed by atoms with Gasteiger partial charge in [-0.05, 0) is 43.9 Å². The van der Waals surface area contributed by atoms with Crippen molar-refractivity contribution in [1.82, 2.24) is 9.97 Å². The van der Waals surface area contributed by atoms with Crippen molar-refractivity contribution in [2.75, 3.05) is 0 Å². The molecule has 23 heavy (non-hydrogen) atoms. The summed E-state index contributed by atoms with van der Waals surface area (Å²) in [5.74, 6) is 1.10. The Morgan fingerprint density at radius 3 is 2.74 bits per heavy atom. The van der Waals surface area contributed by atoms with Crippen molar-refractivity contribution in [3.05, 3.63) is 42.0 Å². The Labute approximate surface area is 133 Å². The second kappa shape index (κ2) is 7.26. The van der Waals surface area contributed by atoms with Crippen LogP contribution in [0.15, 0.2) is 30.6 Å². The van der Waals surface area contributed by atoms with Gasteiger partial charge in [0.2, 0.25) is 0 Å². The molecule has 3 rings (SSSR count). The number of aromatic amines is 1. The lowest BCUT2D eigenvalue weighted by Gasteiger charge is -2.18. The molecule has 6 heteroatoms. The van der Waals surface area contributed by atoms with Gasteiger partial charge in [0, 0.05) is 18.0 Å². The molecular weight excluding hydrogens is 302 g/mol. The lowest BCUT2D eigenvalue weighted by molar-refractivity contribution is -0.0520. The normalized spacial score (nSPS) is 15.6. The van der Waals surface area contributed by atoms with E-state index in [1.54, 1.807) is 30.6 Å². The van der Waals surface area contributed by atoms with Gasteiger partial charge in [-0.2, -0.15) is 8.78 Å². The molecule has 4 nitrogen and oxygen atoms in total. The zero-order chi connectivity index (χ0) is 16.1. The first-order valence-electron chi connectivity index (χ1n) is 7.64. The molecule has 1 saturated carbocycles. The maximum Gasteiger partial charge on any atom is 0.387 e. The molecule has 0 saturated heterocycles. The van der Waals surface area contributed by atoms with Crippen LogP contribution in [-0.4, -0.2) is 22.7 Å². The molecule has 1 aromatic carbocycles. The number of benzene rings is 1. The lowest BCUT2D eigenvalue weighted by atomic mass is 10.1. The molecule has 122 valence electrons. The van der Waals surface area contributed by atoms with Crippen LogP contribution >= 0.6 is 0 Å². The average Bonchev–Trinajstić information content (AvgIpc) is 3.20. The minimum absolute atomic E-state index is 0.0492. The van der Waals surface area contributed by atoms with E-state index in [0.29, 0.717) is 17.1 Å². The number of nitrogens with zero attached hydrogens (tertiary/aromatic N) is 1. The zero-order valence-electron chi connectivity index (χ0n) is 12.5. The summed E-state index contributed by atoms with van der Waals surface area (Å²) >= 11 is 0. The monoisotopic (exact) mass is 320 g/mol. The fourth-order valence-electron chi connectivity index (χ4n) is 2.69. The largest absolute Gasteiger partial charge is 0.486 e. The minimum Gasteiger partial charge on any atom is -0.486 e. The summed E-state index contributed by atoms with van der Waals surface area (Å²) in [5, 5.41) is 0. The SMILES string of the molecule is FC(F)Oc1cccc(/C=C/c2ncc[nH]2)c1OC1CCCC1. The molecule has 0 unspecified atom stereocenters. The first-order chi connectivity index (χ1) is 11.2. The van der Waals surface area contributed by atoms with Crippen LogP contribution in [0.5, 0.6) is 11.5 Å². The number of halogens is 2. The molecule has 2 aromatic rings. The summed E-state index contributed by atoms with van der Waals surface area (Å²) in [4.78, 5) is 7.06. The number of alkyl halides is 2. The highest BCUT2D eigenvalue weighted by Crippen LogP contribution is 2.36. The molecule has 1 aromatic heterocycles. The number of imidazole rings is 1. The molecule has 0 aliphatic heterocycles. The number of hydrogen-bond acceptors (Lipinski definition) is 3. The van der Waals surface area contributed by atoms with E-state index in [-0.39, 0.29) is 11.9 Å². The van der Waals surface area contributed by atoms with E-state index in [2.05, 4.69) is 14.7 Å². The van der Waals surface area contributed by atoms with Gasteiger partial charge in [-0.15, -0.1) is 0 Å². The number of aromatic nitrogens is 2. The number of H-pyrrole nitrogens is 1. The molecule has 1 aliphatic rings. The van der Waals surface area contributed by atoms with Crippen molar-refractivity contribution < 1.29 is 18.3 Å². The molecule has 1 fully saturated rings. The summed E-state index contributed by atoms with van der Waals surface area (Å²) in [6.07, 6.45) is 11.0. The van der Waals surface area contributed by atoms with Crippen LogP contribution in [0.4, 0.5) is 8.78 Å². The van der Waals surface area contributed by atoms with E-state index in [1.165, 1.54) is 6.07 Å². The van der Waals surface area contributed by atoms with E-state index in [0.717, 1.165) is 25.7 Å². The molecule has 1 heterocycles. The fourth-order valence-corrected chi connectivity index (χ4v) is 2.69. The van der Waals surface area contributed by atoms with Crippen LogP contribution in [0.2, 0.25) is 0 Å². The Morgan fingerprint density at radius 2 is 2.04 bits per heavy atom. The van der Waals surface area contributed by atoms with Gasteiger partial charge in [0.1, 0.15) is 5.82 Å². The number of rotatable bonds is 6. The third-order valence-corrected chi connectivity index (χ3v) is 3.75. The first-order valence-corrected chi connectivity index (χ1v) is 7.64. The van der Waals surface area contributed by atoms with Crippen molar-refractivity contribution in [3.63, 3.8) is 0 Å². The van der Waals surface area contributed by atoms with Crippen LogP contribution < -0.4 is 9.47 Å². The van der Waals surface area contributed by atoms with E-state index < -0.39 is 6.61 Å². The van der Waals surface area contributed by atoms with Crippen LogP contribution in [0.1, 0.15) is 37.1 Å². The van der Waals surface area contributed by atoms with E-state index in [9.17, 15) is 8.78 Å². The lowest BCUT2D eigenvalue weighted by Crippen LogP contribution is -2.13. The van der Waals surface area contributed by atoms with E-state index >= 15 is 0 Å². The van der Waals surface area contributed by atoms with Crippen molar-refractivity contribution >= 4 is 12.2 Å². The Morgan fingerprint density at radius 1 is 1.22 bits per heavy atom. The highest BCUT2D eigenvalue weighted by Gasteiger charge is 2.21. The van der Waals surface area contributed by atoms with Crippen molar-refractivity contribution in [2.45, 2.75) is 38.4 Å². The smallest absolute Gasteiger partial charge is 0.387 e. The topological polar surface area (TPSA) is 47.1 Å². The van der Waals surface area contributed by atoms with E-state index in [4.69, 9.17) is 4.74 Å². The molecule has 0 amide bonds. The number of nitrogens with one attached hydrogen (secondary N) is 1. The minimum atomic E-state index is -2.88. The predicted octanol–water partition coefficient (Wildman–Crippen LogP) is 4.50. The fraction of sp³-hybridized carbons (Fsp3) is 0.353. The summed E-state index contributed by atoms with van der Waals surface area (Å²) in [5.41, 5.74) is 0.687. The Balaban J connectivity index is 1.89. The van der Waals surface area contributed by atoms with Gasteiger partial charge in [0.25, 0.3) is 0 Å². The van der Waals surface area contributed by atoms with Gasteiger partial charge < -0.3 is 14.5 Å². The van der Waals surface area contributed by atoms with Gasteiger partial charge in [0.05, 0.1) is 6.10 Å². The molecular formula is C17H18F2N2O2. The second-order valence-corrected chi connectivity index (χ2v) is 5.39. The van der Waals surface area contributed by atoms with Crippen molar-refractivity contribution in [2.24, 2.45) is 0 Å². The molecule has 1 N–H and O–H groups in total. The Hall–Kier alpha value is -2.37. The van der Waals surface area contributed by atoms with Gasteiger partial charge in [-0.1, -0.05) is 12.1 Å². The van der Waals surface area contributed by atoms with Gasteiger partial charge >= 0.3 is 6.61 Å². The number of para-hydroxylation sites is 1. The molecule has 0 bridgehead atoms. The Kier molecular flexibility index (Phi) is 4.90. The van der Waals surface area contributed by atoms with Crippen LogP contribution in [0.3, 0.4) is 0 Å². The molecule has 0 radical (unpaired) electrons. The van der Waals surface area contributed by atoms with Gasteiger partial charge in [-0.3, -0.25) is 0 Å². The number of hydrogen-bond donors (Lipinski definition) is 1. The molecule has 1 aliphatic carbocycles. The highest BCUT2D eigenvalue weighted by atomic mass is 19.3. The van der Waals surface area contributed by atoms with Gasteiger partial charge in [-0.25, -0.2) is 4.98 Å². The van der Waals surface area contributed by atoms with Gasteiger partial charge in [0.15, 0.2) is 11.5 Å². The maximum atomic E-state index is 12.6. The van der Waals surface area contributed by atoms with Crippen LogP contribution in [-0.2, 0) is 0 Å². The van der Waals surface area contributed by atoms with Crippen LogP contribution in [0.25, 0.3) is 12.2 Å². The van der Waals surface area contributed by atoms with Crippen molar-refractivity contribution in [1.29, 1.82) is 0 Å². The van der Waals surface area contributed by atoms with Crippen molar-refractivity contribution in [3.8, 4) is 11.5 Å². The average molecular weight is 320 g/mol. The number of ether oxygens (including phenoxy) is 2. The standard InChI is InChI=1S/C17H18F2N2O2/c18-17(19)23-14-7-3-4-12(8-9-15-20-10-11-21-15)16(14)22-13-5-1-2-6-13/h3-4,7-11,13,17H,1-2,5-6H2,(H,20,21)/b9-8+. The maximum absolute atomic E-state index is 12.6. The first kappa shape index (κ1) is 15.5. The third-order valence-electron chi connectivity index (χ3n) is 3.75. The second-order valence-electron chi connectivity index (χ2n) is 5.39. The third kappa shape index (κ3) is 4.09. The summed E-state index contributed by atoms with van der Waals surface area (Å²) in [7, 11) is 0. The quantitative estimate of drug-likeness (QED) is 0.852. The highest BCUT2D eigenvalue weighted by molar-refractivity contribution is 5.72. The molecule has 0 spiro atoms. The van der Waals surface area contributed by atoms with E-state index in [1.807, 2.05) is 6.07 Å². The zero-order valence-corrected chi connectivity index (χ0v) is 12.5.